The summed E-state index contributed by atoms with van der Waals surface area (Å²) >= 11 is 0. The van der Waals surface area contributed by atoms with Crippen LogP contribution in [0.5, 0.6) is 0 Å². The zero-order chi connectivity index (χ0) is 12.3. The van der Waals surface area contributed by atoms with Gasteiger partial charge in [-0.05, 0) is 38.7 Å². The molecule has 0 radical (unpaired) electrons. The van der Waals surface area contributed by atoms with E-state index in [2.05, 4.69) is 43.0 Å². The van der Waals surface area contributed by atoms with Crippen molar-refractivity contribution in [3.05, 3.63) is 35.9 Å². The lowest BCUT2D eigenvalue weighted by Crippen LogP contribution is -2.53. The van der Waals surface area contributed by atoms with Crippen LogP contribution in [-0.2, 0) is 11.3 Å². The number of nitrogens with zero attached hydrogens (tertiary/aromatic N) is 1. The molecule has 0 aliphatic carbocycles. The monoisotopic (exact) mass is 231 g/mol. The van der Waals surface area contributed by atoms with Gasteiger partial charge in [0.2, 0.25) is 0 Å². The zero-order valence-corrected chi connectivity index (χ0v) is 10.7. The molecule has 1 saturated heterocycles. The van der Waals surface area contributed by atoms with Crippen LogP contribution >= 0.6 is 0 Å². The smallest absolute Gasteiger partial charge is 0.137 e. The number of likely N-dealkylation sites (tertiary alicyclic amines) is 1. The van der Waals surface area contributed by atoms with E-state index < -0.39 is 0 Å². The van der Waals surface area contributed by atoms with Gasteiger partial charge >= 0.3 is 0 Å². The Kier molecular flexibility index (Phi) is 3.63. The number of benzene rings is 1. The second-order valence-electron chi connectivity index (χ2n) is 5.52. The van der Waals surface area contributed by atoms with Crippen molar-refractivity contribution in [3.63, 3.8) is 0 Å². The Morgan fingerprint density at radius 3 is 2.71 bits per heavy atom. The highest BCUT2D eigenvalue weighted by molar-refractivity contribution is 5.58. The molecule has 0 bridgehead atoms. The van der Waals surface area contributed by atoms with Crippen LogP contribution in [0.2, 0.25) is 0 Å². The predicted molar refractivity (Wildman–Crippen MR) is 69.8 cm³/mol. The van der Waals surface area contributed by atoms with Gasteiger partial charge in [-0.1, -0.05) is 30.3 Å². The minimum atomic E-state index is 0.0824. The van der Waals surface area contributed by atoms with Gasteiger partial charge in [0, 0.05) is 12.1 Å². The summed E-state index contributed by atoms with van der Waals surface area (Å²) in [5, 5.41) is 0. The maximum absolute atomic E-state index is 11.2. The van der Waals surface area contributed by atoms with Crippen molar-refractivity contribution in [3.8, 4) is 0 Å². The molecule has 92 valence electrons. The summed E-state index contributed by atoms with van der Waals surface area (Å²) in [4.78, 5) is 13.6. The van der Waals surface area contributed by atoms with Crippen LogP contribution in [0.4, 0.5) is 0 Å². The molecule has 0 aromatic heterocycles. The largest absolute Gasteiger partial charge is 0.302 e. The van der Waals surface area contributed by atoms with Gasteiger partial charge in [-0.2, -0.15) is 0 Å². The fraction of sp³-hybridized carbons (Fsp3) is 0.533. The van der Waals surface area contributed by atoms with Gasteiger partial charge in [0.1, 0.15) is 6.29 Å². The average Bonchev–Trinajstić information content (AvgIpc) is 2.33. The lowest BCUT2D eigenvalue weighted by atomic mass is 9.86. The van der Waals surface area contributed by atoms with Crippen molar-refractivity contribution < 1.29 is 4.79 Å². The van der Waals surface area contributed by atoms with Gasteiger partial charge in [-0.25, -0.2) is 0 Å². The van der Waals surface area contributed by atoms with Crippen molar-refractivity contribution >= 4 is 6.29 Å². The number of rotatable bonds is 3. The Bertz CT molecular complexity index is 372. The van der Waals surface area contributed by atoms with Crippen LogP contribution in [0.1, 0.15) is 38.7 Å². The highest BCUT2D eigenvalue weighted by atomic mass is 16.1. The minimum Gasteiger partial charge on any atom is -0.302 e. The lowest BCUT2D eigenvalue weighted by Gasteiger charge is -2.46. The van der Waals surface area contributed by atoms with E-state index in [0.29, 0.717) is 0 Å². The topological polar surface area (TPSA) is 20.3 Å². The van der Waals surface area contributed by atoms with Gasteiger partial charge in [0.25, 0.3) is 0 Å². The first-order chi connectivity index (χ1) is 8.13. The number of aldehydes is 1. The molecule has 0 N–H and O–H groups in total. The summed E-state index contributed by atoms with van der Waals surface area (Å²) in [5.41, 5.74) is 1.41. The van der Waals surface area contributed by atoms with E-state index >= 15 is 0 Å². The van der Waals surface area contributed by atoms with Crippen molar-refractivity contribution in [2.75, 3.05) is 0 Å². The van der Waals surface area contributed by atoms with Crippen molar-refractivity contribution in [2.24, 2.45) is 0 Å². The van der Waals surface area contributed by atoms with E-state index in [1.807, 2.05) is 6.07 Å². The molecule has 2 heteroatoms. The fourth-order valence-corrected chi connectivity index (χ4v) is 2.75. The van der Waals surface area contributed by atoms with Gasteiger partial charge < -0.3 is 4.79 Å². The summed E-state index contributed by atoms with van der Waals surface area (Å²) in [6.45, 7) is 5.36. The first kappa shape index (κ1) is 12.3. The van der Waals surface area contributed by atoms with Gasteiger partial charge in [-0.15, -0.1) is 0 Å². The minimum absolute atomic E-state index is 0.0824. The van der Waals surface area contributed by atoms with Gasteiger partial charge in [-0.3, -0.25) is 4.90 Å². The van der Waals surface area contributed by atoms with Crippen LogP contribution in [0, 0.1) is 0 Å². The van der Waals surface area contributed by atoms with Crippen LogP contribution < -0.4 is 0 Å². The number of hydrogen-bond acceptors (Lipinski definition) is 2. The third-order valence-electron chi connectivity index (χ3n) is 3.82. The Balaban J connectivity index is 2.17. The van der Waals surface area contributed by atoms with Crippen molar-refractivity contribution in [1.82, 2.24) is 4.90 Å². The maximum Gasteiger partial charge on any atom is 0.137 e. The summed E-state index contributed by atoms with van der Waals surface area (Å²) in [5.74, 6) is 0. The molecule has 0 saturated carbocycles. The summed E-state index contributed by atoms with van der Waals surface area (Å²) in [6.07, 6.45) is 4.44. The molecule has 0 spiro atoms. The molecule has 0 amide bonds. The quantitative estimate of drug-likeness (QED) is 0.745. The number of carbonyl (C=O) groups is 1. The second kappa shape index (κ2) is 5.01. The second-order valence-corrected chi connectivity index (χ2v) is 5.52. The SMILES string of the molecule is CC1(C)CCC[C@H](C=O)N1Cc1ccccc1. The lowest BCUT2D eigenvalue weighted by molar-refractivity contribution is -0.117. The molecule has 1 aromatic carbocycles. The van der Waals surface area contributed by atoms with Crippen molar-refractivity contribution in [1.29, 1.82) is 0 Å². The molecule has 1 heterocycles. The number of hydrogen-bond donors (Lipinski definition) is 0. The molecule has 1 aliphatic rings. The van der Waals surface area contributed by atoms with E-state index in [4.69, 9.17) is 0 Å². The number of carbonyl (C=O) groups excluding carboxylic acids is 1. The molecule has 2 rings (SSSR count). The van der Waals surface area contributed by atoms with Gasteiger partial charge in [0.15, 0.2) is 0 Å². The third-order valence-corrected chi connectivity index (χ3v) is 3.82. The highest BCUT2D eigenvalue weighted by Crippen LogP contribution is 2.32. The Hall–Kier alpha value is -1.15. The molecular formula is C15H21NO. The fourth-order valence-electron chi connectivity index (χ4n) is 2.75. The molecule has 1 aromatic rings. The standard InChI is InChI=1S/C15H21NO/c1-15(2)10-6-9-14(12-17)16(15)11-13-7-4-3-5-8-13/h3-5,7-8,12,14H,6,9-11H2,1-2H3/t14-/m1/s1. The van der Waals surface area contributed by atoms with Crippen LogP contribution in [0.25, 0.3) is 0 Å². The van der Waals surface area contributed by atoms with Crippen LogP contribution in [0.15, 0.2) is 30.3 Å². The molecule has 1 aliphatic heterocycles. The Morgan fingerprint density at radius 1 is 1.35 bits per heavy atom. The molecule has 1 fully saturated rings. The van der Waals surface area contributed by atoms with E-state index in [0.717, 1.165) is 25.7 Å². The predicted octanol–water partition coefficient (Wildman–Crippen LogP) is 3.02. The van der Waals surface area contributed by atoms with E-state index in [-0.39, 0.29) is 11.6 Å². The third kappa shape index (κ3) is 2.75. The summed E-state index contributed by atoms with van der Waals surface area (Å²) in [7, 11) is 0. The first-order valence-corrected chi connectivity index (χ1v) is 6.39. The zero-order valence-electron chi connectivity index (χ0n) is 10.7. The van der Waals surface area contributed by atoms with E-state index in [1.165, 1.54) is 12.0 Å². The van der Waals surface area contributed by atoms with Gasteiger partial charge in [0.05, 0.1) is 6.04 Å². The maximum atomic E-state index is 11.2. The molecular weight excluding hydrogens is 210 g/mol. The first-order valence-electron chi connectivity index (χ1n) is 6.39. The molecule has 0 unspecified atom stereocenters. The molecule has 2 nitrogen and oxygen atoms in total. The average molecular weight is 231 g/mol. The van der Waals surface area contributed by atoms with E-state index in [1.54, 1.807) is 0 Å². The normalized spacial score (nSPS) is 24.5. The summed E-state index contributed by atoms with van der Waals surface area (Å²) in [6, 6.07) is 10.5. The molecule has 1 atom stereocenters. The van der Waals surface area contributed by atoms with Crippen LogP contribution in [-0.4, -0.2) is 22.8 Å². The van der Waals surface area contributed by atoms with Crippen molar-refractivity contribution in [2.45, 2.75) is 51.2 Å². The van der Waals surface area contributed by atoms with E-state index in [9.17, 15) is 4.79 Å². The molecule has 17 heavy (non-hydrogen) atoms. The highest BCUT2D eigenvalue weighted by Gasteiger charge is 2.35. The number of piperidine rings is 1. The Labute approximate surface area is 104 Å². The Morgan fingerprint density at radius 2 is 2.06 bits per heavy atom. The summed E-state index contributed by atoms with van der Waals surface area (Å²) < 4.78 is 0. The van der Waals surface area contributed by atoms with Crippen LogP contribution in [0.3, 0.4) is 0 Å².